The van der Waals surface area contributed by atoms with Crippen LogP contribution < -0.4 is 15.5 Å². The highest BCUT2D eigenvalue weighted by molar-refractivity contribution is 7.80. The molecule has 2 aliphatic rings. The zero-order valence-electron chi connectivity index (χ0n) is 18.5. The fraction of sp³-hybridized carbons (Fsp3) is 0.520. The third-order valence-electron chi connectivity index (χ3n) is 6.78. The van der Waals surface area contributed by atoms with Gasteiger partial charge in [0.2, 0.25) is 0 Å². The van der Waals surface area contributed by atoms with Gasteiger partial charge in [-0.05, 0) is 73.1 Å². The van der Waals surface area contributed by atoms with Gasteiger partial charge in [0.05, 0.1) is 11.9 Å². The van der Waals surface area contributed by atoms with Gasteiger partial charge in [-0.2, -0.15) is 0 Å². The zero-order chi connectivity index (χ0) is 21.8. The summed E-state index contributed by atoms with van der Waals surface area (Å²) in [6.45, 7) is 7.62. The van der Waals surface area contributed by atoms with Gasteiger partial charge in [-0.25, -0.2) is 4.98 Å². The van der Waals surface area contributed by atoms with Crippen molar-refractivity contribution in [3.8, 4) is 0 Å². The maximum atomic E-state index is 6.27. The number of pyridine rings is 1. The summed E-state index contributed by atoms with van der Waals surface area (Å²) in [7, 11) is 0. The van der Waals surface area contributed by atoms with Gasteiger partial charge in [0, 0.05) is 30.1 Å². The second-order valence-corrected chi connectivity index (χ2v) is 10.4. The number of halogens is 1. The second kappa shape index (κ2) is 9.74. The lowest BCUT2D eigenvalue weighted by Crippen LogP contribution is -2.41. The van der Waals surface area contributed by atoms with Gasteiger partial charge in [-0.1, -0.05) is 50.4 Å². The Morgan fingerprint density at radius 3 is 2.55 bits per heavy atom. The molecule has 1 aromatic carbocycles. The Hall–Kier alpha value is -1.85. The standard InChI is InChI=1S/C25H33ClN4S/c1-18-12-19(2)16-30(15-18)23-9-8-22(14-27-23)29-24(31)28-17-25(10-3-4-11-25)20-6-5-7-21(26)13-20/h5-9,13-14,18-19H,3-4,10-12,15-17H2,1-2H3,(H2,28,29,31). The molecular formula is C25H33ClN4S. The Morgan fingerprint density at radius 1 is 1.16 bits per heavy atom. The molecule has 0 amide bonds. The Kier molecular flexibility index (Phi) is 7.02. The van der Waals surface area contributed by atoms with Crippen molar-refractivity contribution < 1.29 is 0 Å². The molecule has 1 aliphatic carbocycles. The van der Waals surface area contributed by atoms with Crippen molar-refractivity contribution in [2.24, 2.45) is 11.8 Å². The van der Waals surface area contributed by atoms with E-state index >= 15 is 0 Å². The molecule has 1 aliphatic heterocycles. The molecule has 0 spiro atoms. The van der Waals surface area contributed by atoms with E-state index in [1.54, 1.807) is 0 Å². The highest BCUT2D eigenvalue weighted by Crippen LogP contribution is 2.41. The summed E-state index contributed by atoms with van der Waals surface area (Å²) in [4.78, 5) is 7.09. The number of aromatic nitrogens is 1. The predicted molar refractivity (Wildman–Crippen MR) is 135 cm³/mol. The van der Waals surface area contributed by atoms with E-state index in [1.165, 1.54) is 24.8 Å². The van der Waals surface area contributed by atoms with Gasteiger partial charge in [0.1, 0.15) is 5.82 Å². The molecule has 0 bridgehead atoms. The van der Waals surface area contributed by atoms with Gasteiger partial charge in [-0.3, -0.25) is 0 Å². The van der Waals surface area contributed by atoms with Gasteiger partial charge >= 0.3 is 0 Å². The maximum Gasteiger partial charge on any atom is 0.170 e. The number of hydrogen-bond acceptors (Lipinski definition) is 3. The number of anilines is 2. The van der Waals surface area contributed by atoms with Crippen molar-refractivity contribution in [3.63, 3.8) is 0 Å². The summed E-state index contributed by atoms with van der Waals surface area (Å²) in [5.74, 6) is 2.47. The molecule has 2 fully saturated rings. The monoisotopic (exact) mass is 456 g/mol. The van der Waals surface area contributed by atoms with Crippen LogP contribution in [0.5, 0.6) is 0 Å². The molecule has 2 heterocycles. The summed E-state index contributed by atoms with van der Waals surface area (Å²) >= 11 is 11.9. The smallest absolute Gasteiger partial charge is 0.170 e. The highest BCUT2D eigenvalue weighted by atomic mass is 35.5. The highest BCUT2D eigenvalue weighted by Gasteiger charge is 2.35. The van der Waals surface area contributed by atoms with E-state index in [2.05, 4.69) is 53.6 Å². The first-order chi connectivity index (χ1) is 14.9. The average Bonchev–Trinajstić information content (AvgIpc) is 3.22. The fourth-order valence-corrected chi connectivity index (χ4v) is 5.74. The number of nitrogens with one attached hydrogen (secondary N) is 2. The van der Waals surface area contributed by atoms with Crippen LogP contribution in [0.2, 0.25) is 5.02 Å². The third kappa shape index (κ3) is 5.50. The Bertz CT molecular complexity index is 885. The van der Waals surface area contributed by atoms with Crippen LogP contribution in [0.15, 0.2) is 42.6 Å². The summed E-state index contributed by atoms with van der Waals surface area (Å²) in [5.41, 5.74) is 2.33. The summed E-state index contributed by atoms with van der Waals surface area (Å²) in [6.07, 6.45) is 7.99. The van der Waals surface area contributed by atoms with Crippen LogP contribution in [0.25, 0.3) is 0 Å². The summed E-state index contributed by atoms with van der Waals surface area (Å²) in [5, 5.41) is 8.21. The lowest BCUT2D eigenvalue weighted by atomic mass is 9.79. The van der Waals surface area contributed by atoms with Gasteiger partial charge in [0.15, 0.2) is 5.11 Å². The largest absolute Gasteiger partial charge is 0.362 e. The molecule has 0 radical (unpaired) electrons. The first kappa shape index (κ1) is 22.3. The molecule has 31 heavy (non-hydrogen) atoms. The lowest BCUT2D eigenvalue weighted by molar-refractivity contribution is 0.355. The van der Waals surface area contributed by atoms with Crippen molar-refractivity contribution in [1.29, 1.82) is 0 Å². The van der Waals surface area contributed by atoms with Crippen molar-refractivity contribution in [3.05, 3.63) is 53.2 Å². The van der Waals surface area contributed by atoms with Crippen molar-refractivity contribution in [2.45, 2.75) is 51.4 Å². The van der Waals surface area contributed by atoms with Crippen LogP contribution in [0.4, 0.5) is 11.5 Å². The number of hydrogen-bond donors (Lipinski definition) is 2. The normalized spacial score (nSPS) is 22.9. The Labute approximate surface area is 196 Å². The molecule has 4 rings (SSSR count). The Morgan fingerprint density at radius 2 is 1.90 bits per heavy atom. The van der Waals surface area contributed by atoms with Gasteiger partial charge in [0.25, 0.3) is 0 Å². The maximum absolute atomic E-state index is 6.27. The van der Waals surface area contributed by atoms with Gasteiger partial charge in [-0.15, -0.1) is 0 Å². The van der Waals surface area contributed by atoms with E-state index in [-0.39, 0.29) is 5.41 Å². The lowest BCUT2D eigenvalue weighted by Gasteiger charge is -2.35. The number of thiocarbonyl (C=S) groups is 1. The molecule has 1 saturated carbocycles. The molecule has 166 valence electrons. The third-order valence-corrected chi connectivity index (χ3v) is 7.27. The minimum absolute atomic E-state index is 0.0976. The first-order valence-electron chi connectivity index (χ1n) is 11.5. The van der Waals surface area contributed by atoms with E-state index in [4.69, 9.17) is 28.8 Å². The van der Waals surface area contributed by atoms with Crippen LogP contribution in [0, 0.1) is 11.8 Å². The minimum Gasteiger partial charge on any atom is -0.362 e. The second-order valence-electron chi connectivity index (χ2n) is 9.56. The van der Waals surface area contributed by atoms with Crippen molar-refractivity contribution in [1.82, 2.24) is 10.3 Å². The molecule has 1 saturated heterocycles. The van der Waals surface area contributed by atoms with E-state index in [0.717, 1.165) is 49.0 Å². The predicted octanol–water partition coefficient (Wildman–Crippen LogP) is 6.02. The molecule has 4 nitrogen and oxygen atoms in total. The van der Waals surface area contributed by atoms with E-state index in [9.17, 15) is 0 Å². The van der Waals surface area contributed by atoms with Crippen LogP contribution in [-0.4, -0.2) is 29.7 Å². The van der Waals surface area contributed by atoms with Crippen LogP contribution in [0.3, 0.4) is 0 Å². The van der Waals surface area contributed by atoms with E-state index in [1.807, 2.05) is 18.3 Å². The number of nitrogens with zero attached hydrogens (tertiary/aromatic N) is 2. The summed E-state index contributed by atoms with van der Waals surface area (Å²) in [6, 6.07) is 12.5. The van der Waals surface area contributed by atoms with Crippen LogP contribution in [-0.2, 0) is 5.41 Å². The zero-order valence-corrected chi connectivity index (χ0v) is 20.1. The molecular weight excluding hydrogens is 424 g/mol. The molecule has 1 aromatic heterocycles. The SMILES string of the molecule is CC1CC(C)CN(c2ccc(NC(=S)NCC3(c4cccc(Cl)c4)CCCC3)cn2)C1. The molecule has 2 unspecified atom stereocenters. The fourth-order valence-electron chi connectivity index (χ4n) is 5.36. The number of rotatable bonds is 5. The molecule has 2 aromatic rings. The van der Waals surface area contributed by atoms with E-state index in [0.29, 0.717) is 16.9 Å². The Balaban J connectivity index is 1.35. The summed E-state index contributed by atoms with van der Waals surface area (Å²) < 4.78 is 0. The average molecular weight is 457 g/mol. The molecule has 6 heteroatoms. The van der Waals surface area contributed by atoms with Crippen LogP contribution in [0.1, 0.15) is 51.5 Å². The topological polar surface area (TPSA) is 40.2 Å². The quantitative estimate of drug-likeness (QED) is 0.538. The molecule has 2 N–H and O–H groups in total. The number of piperidine rings is 1. The molecule has 2 atom stereocenters. The number of benzene rings is 1. The van der Waals surface area contributed by atoms with Crippen molar-refractivity contribution >= 4 is 40.4 Å². The van der Waals surface area contributed by atoms with E-state index < -0.39 is 0 Å². The van der Waals surface area contributed by atoms with Crippen LogP contribution >= 0.6 is 23.8 Å². The first-order valence-corrected chi connectivity index (χ1v) is 12.2. The van der Waals surface area contributed by atoms with Crippen molar-refractivity contribution in [2.75, 3.05) is 29.9 Å². The van der Waals surface area contributed by atoms with Gasteiger partial charge < -0.3 is 15.5 Å². The minimum atomic E-state index is 0.0976.